The van der Waals surface area contributed by atoms with Gasteiger partial charge < -0.3 is 9.84 Å². The number of benzene rings is 1. The molecule has 5 heteroatoms. The molecule has 1 aliphatic carbocycles. The van der Waals surface area contributed by atoms with E-state index in [2.05, 4.69) is 4.90 Å². The molecule has 0 heterocycles. The maximum absolute atomic E-state index is 13.9. The van der Waals surface area contributed by atoms with Gasteiger partial charge in [0.15, 0.2) is 0 Å². The molecule has 0 spiro atoms. The predicted octanol–water partition coefficient (Wildman–Crippen LogP) is 3.23. The van der Waals surface area contributed by atoms with Gasteiger partial charge in [0.25, 0.3) is 0 Å². The summed E-state index contributed by atoms with van der Waals surface area (Å²) in [5.74, 6) is -0.291. The Morgan fingerprint density at radius 2 is 2.14 bits per heavy atom. The van der Waals surface area contributed by atoms with Gasteiger partial charge in [0.2, 0.25) is 0 Å². The van der Waals surface area contributed by atoms with E-state index in [4.69, 9.17) is 16.3 Å². The summed E-state index contributed by atoms with van der Waals surface area (Å²) in [6, 6.07) is 5.14. The molecule has 1 saturated carbocycles. The van der Waals surface area contributed by atoms with Crippen LogP contribution in [0, 0.1) is 5.82 Å². The molecule has 21 heavy (non-hydrogen) atoms. The third-order valence-corrected chi connectivity index (χ3v) is 3.91. The van der Waals surface area contributed by atoms with Crippen molar-refractivity contribution in [1.82, 2.24) is 4.90 Å². The first-order valence-electron chi connectivity index (χ1n) is 7.44. The van der Waals surface area contributed by atoms with Crippen LogP contribution in [0.2, 0.25) is 5.02 Å². The standard InChI is InChI=1S/C16H23ClFNO2/c1-11(2)21-10-13(20)8-19(12-6-7-12)9-14-15(17)4-3-5-16(14)18/h3-5,11-13,20H,6-10H2,1-2H3/t13-/m0/s1. The minimum absolute atomic E-state index is 0.0926. The van der Waals surface area contributed by atoms with Crippen LogP contribution in [0.1, 0.15) is 32.3 Å². The second-order valence-electron chi connectivity index (χ2n) is 5.90. The maximum atomic E-state index is 13.9. The highest BCUT2D eigenvalue weighted by Gasteiger charge is 2.31. The van der Waals surface area contributed by atoms with E-state index in [0.717, 1.165) is 12.8 Å². The van der Waals surface area contributed by atoms with Crippen molar-refractivity contribution in [3.63, 3.8) is 0 Å². The number of hydrogen-bond acceptors (Lipinski definition) is 3. The minimum Gasteiger partial charge on any atom is -0.389 e. The van der Waals surface area contributed by atoms with Gasteiger partial charge >= 0.3 is 0 Å². The highest BCUT2D eigenvalue weighted by atomic mass is 35.5. The summed E-state index contributed by atoms with van der Waals surface area (Å²) in [6.45, 7) is 5.07. The normalized spacial score (nSPS) is 16.7. The van der Waals surface area contributed by atoms with Gasteiger partial charge in [0.05, 0.1) is 18.8 Å². The minimum atomic E-state index is -0.571. The van der Waals surface area contributed by atoms with Gasteiger partial charge in [-0.2, -0.15) is 0 Å². The first-order chi connectivity index (χ1) is 9.97. The Morgan fingerprint density at radius 3 is 2.71 bits per heavy atom. The van der Waals surface area contributed by atoms with Crippen molar-refractivity contribution < 1.29 is 14.2 Å². The van der Waals surface area contributed by atoms with Crippen LogP contribution in [0.5, 0.6) is 0 Å². The van der Waals surface area contributed by atoms with Gasteiger partial charge in [-0.05, 0) is 38.8 Å². The van der Waals surface area contributed by atoms with E-state index in [1.165, 1.54) is 6.07 Å². The van der Waals surface area contributed by atoms with E-state index < -0.39 is 6.10 Å². The zero-order valence-electron chi connectivity index (χ0n) is 12.6. The maximum Gasteiger partial charge on any atom is 0.129 e. The monoisotopic (exact) mass is 315 g/mol. The smallest absolute Gasteiger partial charge is 0.129 e. The first-order valence-corrected chi connectivity index (χ1v) is 7.81. The van der Waals surface area contributed by atoms with E-state index in [0.29, 0.717) is 36.3 Å². The Morgan fingerprint density at radius 1 is 1.43 bits per heavy atom. The molecule has 1 aromatic carbocycles. The van der Waals surface area contributed by atoms with Crippen molar-refractivity contribution >= 4 is 11.6 Å². The van der Waals surface area contributed by atoms with Gasteiger partial charge in [-0.25, -0.2) is 4.39 Å². The fraction of sp³-hybridized carbons (Fsp3) is 0.625. The van der Waals surface area contributed by atoms with Crippen LogP contribution in [-0.4, -0.2) is 41.4 Å². The summed E-state index contributed by atoms with van der Waals surface area (Å²) in [5, 5.41) is 10.5. The lowest BCUT2D eigenvalue weighted by molar-refractivity contribution is -0.0108. The molecule has 3 nitrogen and oxygen atoms in total. The molecule has 0 unspecified atom stereocenters. The summed E-state index contributed by atoms with van der Waals surface area (Å²) in [6.07, 6.45) is 1.70. The average Bonchev–Trinajstić information content (AvgIpc) is 3.24. The molecule has 1 atom stereocenters. The van der Waals surface area contributed by atoms with E-state index in [1.54, 1.807) is 12.1 Å². The summed E-state index contributed by atoms with van der Waals surface area (Å²) in [5.41, 5.74) is 0.503. The van der Waals surface area contributed by atoms with Crippen LogP contribution in [0.3, 0.4) is 0 Å². The van der Waals surface area contributed by atoms with Crippen molar-refractivity contribution in [3.8, 4) is 0 Å². The van der Waals surface area contributed by atoms with Crippen molar-refractivity contribution in [2.45, 2.75) is 51.5 Å². The van der Waals surface area contributed by atoms with Gasteiger partial charge in [0, 0.05) is 29.7 Å². The lowest BCUT2D eigenvalue weighted by Gasteiger charge is -2.26. The lowest BCUT2D eigenvalue weighted by Crippen LogP contribution is -2.36. The SMILES string of the molecule is CC(C)OC[C@@H](O)CN(Cc1c(F)cccc1Cl)C1CC1. The largest absolute Gasteiger partial charge is 0.389 e. The van der Waals surface area contributed by atoms with Crippen molar-refractivity contribution in [1.29, 1.82) is 0 Å². The molecule has 1 N–H and O–H groups in total. The number of ether oxygens (including phenoxy) is 1. The van der Waals surface area contributed by atoms with Crippen LogP contribution in [0.15, 0.2) is 18.2 Å². The number of halogens is 2. The quantitative estimate of drug-likeness (QED) is 0.799. The fourth-order valence-corrected chi connectivity index (χ4v) is 2.52. The summed E-state index contributed by atoms with van der Waals surface area (Å²) < 4.78 is 19.3. The number of nitrogens with zero attached hydrogens (tertiary/aromatic N) is 1. The first kappa shape index (κ1) is 16.7. The highest BCUT2D eigenvalue weighted by molar-refractivity contribution is 6.31. The summed E-state index contributed by atoms with van der Waals surface area (Å²) >= 11 is 6.08. The predicted molar refractivity (Wildman–Crippen MR) is 81.9 cm³/mol. The molecule has 1 aromatic rings. The molecule has 0 amide bonds. The van der Waals surface area contributed by atoms with Crippen molar-refractivity contribution in [2.75, 3.05) is 13.2 Å². The second kappa shape index (κ2) is 7.54. The molecule has 0 bridgehead atoms. The number of aliphatic hydroxyl groups is 1. The third kappa shape index (κ3) is 5.22. The molecule has 0 aliphatic heterocycles. The van der Waals surface area contributed by atoms with E-state index in [1.807, 2.05) is 13.8 Å². The van der Waals surface area contributed by atoms with Crippen LogP contribution in [0.4, 0.5) is 4.39 Å². The summed E-state index contributed by atoms with van der Waals surface area (Å²) in [7, 11) is 0. The van der Waals surface area contributed by atoms with E-state index in [9.17, 15) is 9.50 Å². The van der Waals surface area contributed by atoms with Gasteiger partial charge in [0.1, 0.15) is 5.82 Å². The molecule has 1 aliphatic rings. The zero-order valence-corrected chi connectivity index (χ0v) is 13.3. The molecular weight excluding hydrogens is 293 g/mol. The van der Waals surface area contributed by atoms with Gasteiger partial charge in [-0.1, -0.05) is 17.7 Å². The van der Waals surface area contributed by atoms with Gasteiger partial charge in [-0.3, -0.25) is 4.90 Å². The molecule has 0 radical (unpaired) electrons. The molecule has 118 valence electrons. The van der Waals surface area contributed by atoms with Crippen LogP contribution in [0.25, 0.3) is 0 Å². The number of hydrogen-bond donors (Lipinski definition) is 1. The Balaban J connectivity index is 1.96. The van der Waals surface area contributed by atoms with E-state index in [-0.39, 0.29) is 11.9 Å². The van der Waals surface area contributed by atoms with Crippen LogP contribution < -0.4 is 0 Å². The Hall–Kier alpha value is -0.680. The number of rotatable bonds is 8. The van der Waals surface area contributed by atoms with E-state index >= 15 is 0 Å². The van der Waals surface area contributed by atoms with Crippen molar-refractivity contribution in [2.24, 2.45) is 0 Å². The topological polar surface area (TPSA) is 32.7 Å². The average molecular weight is 316 g/mol. The van der Waals surface area contributed by atoms with Crippen LogP contribution in [-0.2, 0) is 11.3 Å². The zero-order chi connectivity index (χ0) is 15.4. The Kier molecular flexibility index (Phi) is 5.99. The third-order valence-electron chi connectivity index (χ3n) is 3.55. The second-order valence-corrected chi connectivity index (χ2v) is 6.30. The Labute approximate surface area is 130 Å². The van der Waals surface area contributed by atoms with Crippen LogP contribution >= 0.6 is 11.6 Å². The van der Waals surface area contributed by atoms with Gasteiger partial charge in [-0.15, -0.1) is 0 Å². The lowest BCUT2D eigenvalue weighted by atomic mass is 10.2. The molecular formula is C16H23ClFNO2. The fourth-order valence-electron chi connectivity index (χ4n) is 2.30. The molecule has 1 fully saturated rings. The summed E-state index contributed by atoms with van der Waals surface area (Å²) in [4.78, 5) is 2.10. The number of aliphatic hydroxyl groups excluding tert-OH is 1. The van der Waals surface area contributed by atoms with Crippen molar-refractivity contribution in [3.05, 3.63) is 34.6 Å². The molecule has 2 rings (SSSR count). The highest BCUT2D eigenvalue weighted by Crippen LogP contribution is 2.30. The Bertz CT molecular complexity index is 445. The molecule has 0 saturated heterocycles. The molecule has 0 aromatic heterocycles.